The molecule has 1 unspecified atom stereocenters. The number of amides is 2. The van der Waals surface area contributed by atoms with E-state index in [0.29, 0.717) is 11.6 Å². The van der Waals surface area contributed by atoms with Crippen molar-refractivity contribution < 1.29 is 18.4 Å². The van der Waals surface area contributed by atoms with E-state index in [0.717, 1.165) is 12.1 Å². The summed E-state index contributed by atoms with van der Waals surface area (Å²) in [5.41, 5.74) is 0.454. The number of benzene rings is 3. The number of carbonyl (C=O) groups excluding carboxylic acids is 2. The lowest BCUT2D eigenvalue weighted by molar-refractivity contribution is -0.117. The Morgan fingerprint density at radius 3 is 2.11 bits per heavy atom. The van der Waals surface area contributed by atoms with E-state index < -0.39 is 39.6 Å². The standard InChI is InChI=1S/C23H12Cl6F2N2O2/c24-13-3-2-11(8-12(13)21(34)33-17-4-1-10(30)7-16(17)31)32-22(35)19-18(23(19,28)29)9-5-14(25)20(27)15(26)6-9/h1-8,18-19H,(H,32,35)(H,33,34)/t18-,19?/m0/s1. The van der Waals surface area contributed by atoms with Crippen LogP contribution in [0.25, 0.3) is 0 Å². The maximum Gasteiger partial charge on any atom is 0.257 e. The molecule has 2 N–H and O–H groups in total. The fourth-order valence-corrected chi connectivity index (χ4v) is 5.24. The van der Waals surface area contributed by atoms with Gasteiger partial charge in [0.25, 0.3) is 5.91 Å². The van der Waals surface area contributed by atoms with Crippen molar-refractivity contribution in [1.29, 1.82) is 0 Å². The Morgan fingerprint density at radius 1 is 0.829 bits per heavy atom. The zero-order chi connectivity index (χ0) is 25.7. The molecule has 2 amide bonds. The molecule has 0 bridgehead atoms. The number of anilines is 2. The van der Waals surface area contributed by atoms with Crippen molar-refractivity contribution in [2.75, 3.05) is 10.6 Å². The zero-order valence-corrected chi connectivity index (χ0v) is 21.6. The van der Waals surface area contributed by atoms with Gasteiger partial charge in [-0.2, -0.15) is 0 Å². The van der Waals surface area contributed by atoms with E-state index in [1.165, 1.54) is 30.3 Å². The van der Waals surface area contributed by atoms with E-state index >= 15 is 0 Å². The van der Waals surface area contributed by atoms with Gasteiger partial charge < -0.3 is 10.6 Å². The predicted molar refractivity (Wildman–Crippen MR) is 137 cm³/mol. The highest BCUT2D eigenvalue weighted by molar-refractivity contribution is 6.54. The number of hydrogen-bond donors (Lipinski definition) is 2. The summed E-state index contributed by atoms with van der Waals surface area (Å²) in [6, 6.07) is 9.91. The van der Waals surface area contributed by atoms with Crippen LogP contribution in [-0.2, 0) is 4.79 Å². The van der Waals surface area contributed by atoms with E-state index in [2.05, 4.69) is 10.6 Å². The van der Waals surface area contributed by atoms with Crippen LogP contribution < -0.4 is 10.6 Å². The first-order chi connectivity index (χ1) is 16.4. The smallest absolute Gasteiger partial charge is 0.257 e. The SMILES string of the molecule is O=C(Nc1ccc(F)cc1F)c1cc(NC(=O)C2[C@H](c3cc(Cl)c(Cl)c(Cl)c3)C2(Cl)Cl)ccc1Cl. The van der Waals surface area contributed by atoms with Crippen LogP contribution in [0.1, 0.15) is 21.8 Å². The normalized spacial score (nSPS) is 18.2. The largest absolute Gasteiger partial charge is 0.326 e. The fraction of sp³-hybridized carbons (Fsp3) is 0.130. The molecule has 0 aromatic heterocycles. The number of halogens is 8. The summed E-state index contributed by atoms with van der Waals surface area (Å²) in [4.78, 5) is 25.6. The number of rotatable bonds is 5. The predicted octanol–water partition coefficient (Wildman–Crippen LogP) is 8.36. The minimum Gasteiger partial charge on any atom is -0.326 e. The van der Waals surface area contributed by atoms with Crippen molar-refractivity contribution in [3.63, 3.8) is 0 Å². The number of alkyl halides is 2. The lowest BCUT2D eigenvalue weighted by atomic mass is 10.1. The Kier molecular flexibility index (Phi) is 7.45. The second kappa shape index (κ2) is 9.92. The third-order valence-electron chi connectivity index (χ3n) is 5.36. The summed E-state index contributed by atoms with van der Waals surface area (Å²) >= 11 is 37.0. The van der Waals surface area contributed by atoms with Gasteiger partial charge >= 0.3 is 0 Å². The van der Waals surface area contributed by atoms with Crippen LogP contribution in [0, 0.1) is 17.6 Å². The summed E-state index contributed by atoms with van der Waals surface area (Å²) in [7, 11) is 0. The molecule has 12 heteroatoms. The van der Waals surface area contributed by atoms with Gasteiger partial charge in [0.1, 0.15) is 16.0 Å². The van der Waals surface area contributed by atoms with Gasteiger partial charge in [-0.05, 0) is 48.0 Å². The molecule has 0 radical (unpaired) electrons. The molecule has 0 saturated heterocycles. The highest BCUT2D eigenvalue weighted by Gasteiger charge is 2.67. The molecule has 0 heterocycles. The van der Waals surface area contributed by atoms with Crippen LogP contribution in [-0.4, -0.2) is 16.1 Å². The summed E-state index contributed by atoms with van der Waals surface area (Å²) < 4.78 is 25.6. The zero-order valence-electron chi connectivity index (χ0n) is 17.1. The summed E-state index contributed by atoms with van der Waals surface area (Å²) in [6.07, 6.45) is 0. The van der Waals surface area contributed by atoms with E-state index in [9.17, 15) is 18.4 Å². The van der Waals surface area contributed by atoms with Gasteiger partial charge in [-0.3, -0.25) is 9.59 Å². The maximum absolute atomic E-state index is 13.9. The highest BCUT2D eigenvalue weighted by atomic mass is 35.5. The van der Waals surface area contributed by atoms with Crippen LogP contribution in [0.5, 0.6) is 0 Å². The Balaban J connectivity index is 1.52. The molecule has 4 rings (SSSR count). The summed E-state index contributed by atoms with van der Waals surface area (Å²) in [5, 5.41) is 5.55. The van der Waals surface area contributed by atoms with Crippen molar-refractivity contribution in [1.82, 2.24) is 0 Å². The number of hydrogen-bond acceptors (Lipinski definition) is 2. The van der Waals surface area contributed by atoms with Crippen LogP contribution in [0.2, 0.25) is 20.1 Å². The minimum absolute atomic E-state index is 0.0433. The van der Waals surface area contributed by atoms with E-state index in [1.807, 2.05) is 0 Å². The lowest BCUT2D eigenvalue weighted by Crippen LogP contribution is -2.18. The monoisotopic (exact) mass is 596 g/mol. The summed E-state index contributed by atoms with van der Waals surface area (Å²) in [5.74, 6) is -4.52. The van der Waals surface area contributed by atoms with Crippen molar-refractivity contribution >= 4 is 92.8 Å². The first-order valence-corrected chi connectivity index (χ1v) is 12.1. The quantitative estimate of drug-likeness (QED) is 0.229. The lowest BCUT2D eigenvalue weighted by Gasteiger charge is -2.11. The van der Waals surface area contributed by atoms with Crippen molar-refractivity contribution in [2.24, 2.45) is 5.92 Å². The molecule has 1 fully saturated rings. The molecule has 2 atom stereocenters. The van der Waals surface area contributed by atoms with Crippen molar-refractivity contribution in [3.05, 3.63) is 91.4 Å². The fourth-order valence-electron chi connectivity index (χ4n) is 3.60. The van der Waals surface area contributed by atoms with Crippen molar-refractivity contribution in [2.45, 2.75) is 10.3 Å². The molecule has 4 nitrogen and oxygen atoms in total. The van der Waals surface area contributed by atoms with Gasteiger partial charge in [-0.1, -0.05) is 46.4 Å². The molecule has 1 aliphatic rings. The average molecular weight is 599 g/mol. The molecule has 0 aliphatic heterocycles. The Bertz CT molecular complexity index is 1340. The van der Waals surface area contributed by atoms with Gasteiger partial charge in [0.15, 0.2) is 0 Å². The van der Waals surface area contributed by atoms with Gasteiger partial charge in [0, 0.05) is 17.7 Å². The van der Waals surface area contributed by atoms with Crippen molar-refractivity contribution in [3.8, 4) is 0 Å². The second-order valence-electron chi connectivity index (χ2n) is 7.69. The first-order valence-electron chi connectivity index (χ1n) is 9.79. The van der Waals surface area contributed by atoms with E-state index in [-0.39, 0.29) is 37.0 Å². The third kappa shape index (κ3) is 5.33. The van der Waals surface area contributed by atoms with Gasteiger partial charge in [-0.25, -0.2) is 8.78 Å². The Hall–Kier alpha value is -1.80. The molecular formula is C23H12Cl6F2N2O2. The molecule has 1 saturated carbocycles. The van der Waals surface area contributed by atoms with Crippen LogP contribution in [0.3, 0.4) is 0 Å². The second-order valence-corrected chi connectivity index (χ2v) is 10.7. The molecule has 3 aromatic carbocycles. The van der Waals surface area contributed by atoms with E-state index in [4.69, 9.17) is 69.6 Å². The average Bonchev–Trinajstić information content (AvgIpc) is 3.37. The van der Waals surface area contributed by atoms with Crippen LogP contribution >= 0.6 is 69.6 Å². The molecule has 35 heavy (non-hydrogen) atoms. The minimum atomic E-state index is -1.43. The van der Waals surface area contributed by atoms with Crippen LogP contribution in [0.4, 0.5) is 20.2 Å². The Morgan fingerprint density at radius 2 is 1.49 bits per heavy atom. The summed E-state index contributed by atoms with van der Waals surface area (Å²) in [6.45, 7) is 0. The molecule has 3 aromatic rings. The van der Waals surface area contributed by atoms with Gasteiger partial charge in [0.2, 0.25) is 5.91 Å². The highest BCUT2D eigenvalue weighted by Crippen LogP contribution is 2.65. The molecule has 0 spiro atoms. The third-order valence-corrected chi connectivity index (χ3v) is 7.83. The molecule has 1 aliphatic carbocycles. The maximum atomic E-state index is 13.9. The van der Waals surface area contributed by atoms with E-state index in [1.54, 1.807) is 0 Å². The van der Waals surface area contributed by atoms with Crippen LogP contribution in [0.15, 0.2) is 48.5 Å². The number of carbonyl (C=O) groups is 2. The molecular weight excluding hydrogens is 587 g/mol. The van der Waals surface area contributed by atoms with Gasteiger partial charge in [-0.15, -0.1) is 23.2 Å². The van der Waals surface area contributed by atoms with Gasteiger partial charge in [0.05, 0.1) is 37.3 Å². The molecule has 182 valence electrons. The Labute approximate surface area is 228 Å². The first kappa shape index (κ1) is 26.3. The topological polar surface area (TPSA) is 58.2 Å². The number of nitrogens with one attached hydrogen (secondary N) is 2.